The quantitative estimate of drug-likeness (QED) is 0.439. The van der Waals surface area contributed by atoms with Gasteiger partial charge >= 0.3 is 0 Å². The maximum absolute atomic E-state index is 12.6. The Morgan fingerprint density at radius 2 is 1.87 bits per heavy atom. The van der Waals surface area contributed by atoms with Crippen molar-refractivity contribution in [2.75, 3.05) is 26.5 Å². The van der Waals surface area contributed by atoms with Crippen molar-refractivity contribution < 1.29 is 17.9 Å². The van der Waals surface area contributed by atoms with Crippen molar-refractivity contribution in [3.05, 3.63) is 59.8 Å². The molecule has 0 saturated carbocycles. The molecule has 0 aliphatic rings. The Bertz CT molecular complexity index is 1170. The summed E-state index contributed by atoms with van der Waals surface area (Å²) in [5.74, 6) is 0.859. The summed E-state index contributed by atoms with van der Waals surface area (Å²) in [5.41, 5.74) is 2.77. The number of aromatic nitrogens is 1. The molecule has 0 aliphatic carbocycles. The molecule has 164 valence electrons. The maximum atomic E-state index is 12.6. The largest absolute Gasteiger partial charge is 0.493 e. The Labute approximate surface area is 183 Å². The van der Waals surface area contributed by atoms with Crippen molar-refractivity contribution in [1.82, 2.24) is 9.71 Å². The van der Waals surface area contributed by atoms with E-state index in [-0.39, 0.29) is 18.2 Å². The molecular formula is C23H27N3O4S. The molecule has 7 nitrogen and oxygen atoms in total. The van der Waals surface area contributed by atoms with E-state index in [1.807, 2.05) is 54.7 Å². The summed E-state index contributed by atoms with van der Waals surface area (Å²) in [5, 5.41) is 9.66. The smallest absolute Gasteiger partial charge is 0.211 e. The van der Waals surface area contributed by atoms with Crippen LogP contribution in [0, 0.1) is 11.3 Å². The van der Waals surface area contributed by atoms with Gasteiger partial charge in [0.15, 0.2) is 11.5 Å². The third kappa shape index (κ3) is 5.37. The lowest BCUT2D eigenvalue weighted by Gasteiger charge is -2.22. The molecule has 0 amide bonds. The number of para-hydroxylation sites is 2. The second-order valence-corrected chi connectivity index (χ2v) is 9.13. The number of rotatable bonds is 11. The molecule has 31 heavy (non-hydrogen) atoms. The minimum Gasteiger partial charge on any atom is -0.493 e. The van der Waals surface area contributed by atoms with Crippen LogP contribution < -0.4 is 14.2 Å². The van der Waals surface area contributed by atoms with Crippen molar-refractivity contribution in [2.45, 2.75) is 25.2 Å². The molecule has 0 fully saturated rings. The first-order valence-corrected chi connectivity index (χ1v) is 11.8. The first-order chi connectivity index (χ1) is 15.0. The summed E-state index contributed by atoms with van der Waals surface area (Å²) in [7, 11) is -0.334. The Hall–Kier alpha value is -3.02. The number of nitriles is 1. The highest BCUT2D eigenvalue weighted by molar-refractivity contribution is 7.89. The second-order valence-electron chi connectivity index (χ2n) is 7.21. The number of nitrogens with one attached hydrogen (secondary N) is 2. The van der Waals surface area contributed by atoms with Gasteiger partial charge in [0.1, 0.15) is 0 Å². The monoisotopic (exact) mass is 441 g/mol. The van der Waals surface area contributed by atoms with E-state index < -0.39 is 10.0 Å². The number of ether oxygens (including phenoxy) is 2. The fourth-order valence-corrected chi connectivity index (χ4v) is 4.88. The van der Waals surface area contributed by atoms with E-state index in [0.717, 1.165) is 22.0 Å². The first kappa shape index (κ1) is 22.7. The number of aromatic amines is 1. The van der Waals surface area contributed by atoms with Crippen LogP contribution in [0.15, 0.2) is 48.7 Å². The molecule has 2 N–H and O–H groups in total. The van der Waals surface area contributed by atoms with Gasteiger partial charge in [0.05, 0.1) is 26.0 Å². The highest BCUT2D eigenvalue weighted by Gasteiger charge is 2.25. The molecule has 1 heterocycles. The van der Waals surface area contributed by atoms with E-state index in [2.05, 4.69) is 9.71 Å². The molecule has 0 saturated heterocycles. The standard InChI is InChI=1S/C23H27N3O4S/c1-29-22-12-8-10-18(23(22)30-2)20(16-26-31(27,28)14-7-3-6-13-24)19-15-25-21-11-5-4-9-17(19)21/h4-5,8-12,15,20,25-26H,3,6-7,14,16H2,1-2H3. The van der Waals surface area contributed by atoms with Gasteiger partial charge in [0.25, 0.3) is 0 Å². The summed E-state index contributed by atoms with van der Waals surface area (Å²) < 4.78 is 39.0. The molecule has 1 aromatic heterocycles. The van der Waals surface area contributed by atoms with Crippen LogP contribution in [0.4, 0.5) is 0 Å². The minimum atomic E-state index is -3.49. The molecule has 0 radical (unpaired) electrons. The lowest BCUT2D eigenvalue weighted by Crippen LogP contribution is -2.31. The number of H-pyrrole nitrogens is 1. The second kappa shape index (κ2) is 10.3. The molecular weight excluding hydrogens is 414 g/mol. The number of hydrogen-bond donors (Lipinski definition) is 2. The number of nitrogens with zero attached hydrogens (tertiary/aromatic N) is 1. The highest BCUT2D eigenvalue weighted by atomic mass is 32.2. The highest BCUT2D eigenvalue weighted by Crippen LogP contribution is 2.40. The zero-order valence-electron chi connectivity index (χ0n) is 17.7. The van der Waals surface area contributed by atoms with Gasteiger partial charge in [-0.25, -0.2) is 13.1 Å². The zero-order chi connectivity index (χ0) is 22.3. The van der Waals surface area contributed by atoms with E-state index in [9.17, 15) is 8.42 Å². The van der Waals surface area contributed by atoms with Crippen LogP contribution in [-0.2, 0) is 10.0 Å². The molecule has 0 bridgehead atoms. The van der Waals surface area contributed by atoms with Gasteiger partial charge in [-0.15, -0.1) is 0 Å². The average Bonchev–Trinajstić information content (AvgIpc) is 3.20. The molecule has 3 rings (SSSR count). The predicted octanol–water partition coefficient (Wildman–Crippen LogP) is 3.93. The molecule has 3 aromatic rings. The van der Waals surface area contributed by atoms with Crippen LogP contribution >= 0.6 is 0 Å². The van der Waals surface area contributed by atoms with E-state index >= 15 is 0 Å². The Kier molecular flexibility index (Phi) is 7.55. The van der Waals surface area contributed by atoms with Crippen LogP contribution in [0.25, 0.3) is 10.9 Å². The fourth-order valence-electron chi connectivity index (χ4n) is 3.73. The summed E-state index contributed by atoms with van der Waals surface area (Å²) in [4.78, 5) is 3.27. The van der Waals surface area contributed by atoms with Crippen LogP contribution in [0.5, 0.6) is 11.5 Å². The summed E-state index contributed by atoms with van der Waals surface area (Å²) in [6.07, 6.45) is 3.28. The number of hydrogen-bond acceptors (Lipinski definition) is 5. The van der Waals surface area contributed by atoms with Crippen molar-refractivity contribution >= 4 is 20.9 Å². The lowest BCUT2D eigenvalue weighted by molar-refractivity contribution is 0.350. The van der Waals surface area contributed by atoms with E-state index in [1.165, 1.54) is 0 Å². The van der Waals surface area contributed by atoms with Gasteiger partial charge in [-0.05, 0) is 30.5 Å². The zero-order valence-corrected chi connectivity index (χ0v) is 18.5. The third-order valence-corrected chi connectivity index (χ3v) is 6.70. The Morgan fingerprint density at radius 1 is 1.06 bits per heavy atom. The normalized spacial score (nSPS) is 12.4. The fraction of sp³-hybridized carbons (Fsp3) is 0.348. The Morgan fingerprint density at radius 3 is 2.61 bits per heavy atom. The van der Waals surface area contributed by atoms with Crippen molar-refractivity contribution in [2.24, 2.45) is 0 Å². The molecule has 0 spiro atoms. The van der Waals surface area contributed by atoms with Crippen LogP contribution in [-0.4, -0.2) is 39.9 Å². The van der Waals surface area contributed by atoms with Crippen LogP contribution in [0.1, 0.15) is 36.3 Å². The topological polar surface area (TPSA) is 104 Å². The summed E-state index contributed by atoms with van der Waals surface area (Å²) in [6, 6.07) is 15.6. The predicted molar refractivity (Wildman–Crippen MR) is 121 cm³/mol. The van der Waals surface area contributed by atoms with Crippen molar-refractivity contribution in [1.29, 1.82) is 5.26 Å². The molecule has 2 aromatic carbocycles. The molecule has 8 heteroatoms. The molecule has 1 atom stereocenters. The maximum Gasteiger partial charge on any atom is 0.211 e. The van der Waals surface area contributed by atoms with Gasteiger partial charge in [0, 0.05) is 41.5 Å². The SMILES string of the molecule is COc1cccc(C(CNS(=O)(=O)CCCCC#N)c2c[nH]c3ccccc23)c1OC. The minimum absolute atomic E-state index is 0.00939. The van der Waals surface area contributed by atoms with Crippen LogP contribution in [0.3, 0.4) is 0 Å². The summed E-state index contributed by atoms with van der Waals surface area (Å²) >= 11 is 0. The lowest BCUT2D eigenvalue weighted by atomic mass is 9.90. The number of benzene rings is 2. The first-order valence-electron chi connectivity index (χ1n) is 10.1. The Balaban J connectivity index is 1.96. The third-order valence-electron chi connectivity index (χ3n) is 5.26. The molecule has 0 aliphatic heterocycles. The number of unbranched alkanes of at least 4 members (excludes halogenated alkanes) is 2. The van der Waals surface area contributed by atoms with Gasteiger partial charge in [0.2, 0.25) is 10.0 Å². The van der Waals surface area contributed by atoms with E-state index in [1.54, 1.807) is 14.2 Å². The average molecular weight is 442 g/mol. The van der Waals surface area contributed by atoms with Gasteiger partial charge < -0.3 is 14.5 Å². The van der Waals surface area contributed by atoms with Gasteiger partial charge in [-0.1, -0.05) is 30.3 Å². The number of methoxy groups -OCH3 is 2. The van der Waals surface area contributed by atoms with Crippen molar-refractivity contribution in [3.8, 4) is 17.6 Å². The van der Waals surface area contributed by atoms with E-state index in [0.29, 0.717) is 30.8 Å². The van der Waals surface area contributed by atoms with Crippen molar-refractivity contribution in [3.63, 3.8) is 0 Å². The van der Waals surface area contributed by atoms with Gasteiger partial charge in [-0.2, -0.15) is 5.26 Å². The van der Waals surface area contributed by atoms with Gasteiger partial charge in [-0.3, -0.25) is 0 Å². The summed E-state index contributed by atoms with van der Waals surface area (Å²) in [6.45, 7) is 0.173. The number of sulfonamides is 1. The van der Waals surface area contributed by atoms with E-state index in [4.69, 9.17) is 14.7 Å². The van der Waals surface area contributed by atoms with Crippen LogP contribution in [0.2, 0.25) is 0 Å². The molecule has 1 unspecified atom stereocenters. The number of fused-ring (bicyclic) bond motifs is 1.